The van der Waals surface area contributed by atoms with Crippen LogP contribution in [0.2, 0.25) is 0 Å². The third-order valence-corrected chi connectivity index (χ3v) is 5.72. The molecule has 6 N–H and O–H groups in total. The maximum absolute atomic E-state index is 13.2. The van der Waals surface area contributed by atoms with Gasteiger partial charge in [-0.2, -0.15) is 0 Å². The van der Waals surface area contributed by atoms with Gasteiger partial charge in [-0.3, -0.25) is 19.2 Å². The lowest BCUT2D eigenvalue weighted by molar-refractivity contribution is -0.154. The summed E-state index contributed by atoms with van der Waals surface area (Å²) >= 11 is 0. The topological polar surface area (TPSA) is 169 Å². The van der Waals surface area contributed by atoms with Crippen molar-refractivity contribution in [2.45, 2.75) is 86.9 Å². The summed E-state index contributed by atoms with van der Waals surface area (Å²) in [7, 11) is 0. The zero-order valence-electron chi connectivity index (χ0n) is 24.4. The zero-order valence-corrected chi connectivity index (χ0v) is 24.4. The van der Waals surface area contributed by atoms with Crippen molar-refractivity contribution in [3.8, 4) is 0 Å². The van der Waals surface area contributed by atoms with Crippen LogP contribution in [-0.4, -0.2) is 48.4 Å². The summed E-state index contributed by atoms with van der Waals surface area (Å²) in [5, 5.41) is 10.8. The van der Waals surface area contributed by atoms with Crippen LogP contribution in [0.3, 0.4) is 0 Å². The molecule has 2 atom stereocenters. The van der Waals surface area contributed by atoms with E-state index in [-0.39, 0.29) is 37.4 Å². The normalized spacial score (nSPS) is 13.2. The molecule has 5 amide bonds. The van der Waals surface area contributed by atoms with Gasteiger partial charge in [0.25, 0.3) is 0 Å². The van der Waals surface area contributed by atoms with Gasteiger partial charge in [0.1, 0.15) is 18.7 Å². The number of carbonyl (C=O) groups excluding carboxylic acids is 5. The van der Waals surface area contributed by atoms with Gasteiger partial charge < -0.3 is 31.7 Å². The van der Waals surface area contributed by atoms with Gasteiger partial charge in [-0.05, 0) is 57.2 Å². The Bertz CT molecular complexity index is 1010. The van der Waals surface area contributed by atoms with Crippen molar-refractivity contribution in [2.24, 2.45) is 22.5 Å². The molecule has 1 rings (SSSR count). The van der Waals surface area contributed by atoms with Crippen LogP contribution in [0, 0.1) is 16.7 Å². The van der Waals surface area contributed by atoms with Crippen LogP contribution in [-0.2, 0) is 30.5 Å². The maximum Gasteiger partial charge on any atom is 0.312 e. The fraction of sp³-hybridized carbons (Fsp3) is 0.607. The molecule has 0 heterocycles. The average Bonchev–Trinajstić information content (AvgIpc) is 2.81. The second-order valence-corrected chi connectivity index (χ2v) is 12.0. The highest BCUT2D eigenvalue weighted by atomic mass is 16.5. The molecule has 218 valence electrons. The highest BCUT2D eigenvalue weighted by Gasteiger charge is 2.32. The van der Waals surface area contributed by atoms with E-state index in [0.29, 0.717) is 12.1 Å². The summed E-state index contributed by atoms with van der Waals surface area (Å²) in [4.78, 5) is 61.8. The zero-order chi connectivity index (χ0) is 30.0. The number of nitrogens with one attached hydrogen (secondary N) is 4. The van der Waals surface area contributed by atoms with Gasteiger partial charge >= 0.3 is 12.0 Å². The Labute approximate surface area is 231 Å². The molecule has 11 heteroatoms. The number of carbonyl (C=O) groups is 5. The SMILES string of the molecule is CC(C)C(NC(=O)C(C)(C)C)C(=O)N[C@H](CCCNC(N)=O)C(=O)Nc1ccc(COC(=O)C(C)(C)C)cc1. The van der Waals surface area contributed by atoms with Gasteiger partial charge in [0.05, 0.1) is 5.41 Å². The van der Waals surface area contributed by atoms with Gasteiger partial charge in [0, 0.05) is 17.6 Å². The summed E-state index contributed by atoms with van der Waals surface area (Å²) in [5.74, 6) is -1.77. The van der Waals surface area contributed by atoms with E-state index in [1.165, 1.54) is 0 Å². The van der Waals surface area contributed by atoms with Crippen LogP contribution in [0.15, 0.2) is 24.3 Å². The molecule has 1 aromatic carbocycles. The van der Waals surface area contributed by atoms with Crippen molar-refractivity contribution in [2.75, 3.05) is 11.9 Å². The molecule has 0 aliphatic heterocycles. The van der Waals surface area contributed by atoms with Gasteiger partial charge in [0.2, 0.25) is 17.7 Å². The standard InChI is InChI=1S/C28H45N5O6/c1-17(2)21(33-24(36)27(3,4)5)23(35)32-20(10-9-15-30-26(29)38)22(34)31-19-13-11-18(12-14-19)16-39-25(37)28(6,7)8/h11-14,17,20-21H,9-10,15-16H2,1-8H3,(H,31,34)(H,32,35)(H,33,36)(H3,29,30,38)/t20-,21?/m1/s1. The first-order valence-corrected chi connectivity index (χ1v) is 13.1. The molecule has 0 spiro atoms. The molecule has 0 radical (unpaired) electrons. The Morgan fingerprint density at radius 3 is 1.95 bits per heavy atom. The highest BCUT2D eigenvalue weighted by Crippen LogP contribution is 2.18. The summed E-state index contributed by atoms with van der Waals surface area (Å²) in [6, 6.07) is 4.34. The largest absolute Gasteiger partial charge is 0.460 e. The van der Waals surface area contributed by atoms with Crippen molar-refractivity contribution >= 4 is 35.4 Å². The van der Waals surface area contributed by atoms with Crippen molar-refractivity contribution in [1.29, 1.82) is 0 Å². The summed E-state index contributed by atoms with van der Waals surface area (Å²) in [6.07, 6.45) is 0.594. The number of esters is 1. The second kappa shape index (κ2) is 14.5. The van der Waals surface area contributed by atoms with E-state index in [9.17, 15) is 24.0 Å². The molecule has 0 fully saturated rings. The van der Waals surface area contributed by atoms with E-state index < -0.39 is 40.8 Å². The van der Waals surface area contributed by atoms with E-state index in [4.69, 9.17) is 10.5 Å². The lowest BCUT2D eigenvalue weighted by Gasteiger charge is -2.28. The van der Waals surface area contributed by atoms with Crippen LogP contribution in [0.4, 0.5) is 10.5 Å². The van der Waals surface area contributed by atoms with Gasteiger partial charge in [-0.1, -0.05) is 46.8 Å². The van der Waals surface area contributed by atoms with E-state index in [1.54, 1.807) is 79.7 Å². The molecule has 1 unspecified atom stereocenters. The minimum atomic E-state index is -0.938. The molecule has 0 bridgehead atoms. The molecule has 0 aliphatic rings. The Morgan fingerprint density at radius 2 is 1.46 bits per heavy atom. The third-order valence-electron chi connectivity index (χ3n) is 5.72. The second-order valence-electron chi connectivity index (χ2n) is 12.0. The molecule has 11 nitrogen and oxygen atoms in total. The molecule has 0 aliphatic carbocycles. The fourth-order valence-corrected chi connectivity index (χ4v) is 3.22. The maximum atomic E-state index is 13.2. The Morgan fingerprint density at radius 1 is 0.872 bits per heavy atom. The number of hydrogen-bond acceptors (Lipinski definition) is 6. The summed E-state index contributed by atoms with van der Waals surface area (Å²) in [5.41, 5.74) is 5.05. The average molecular weight is 548 g/mol. The van der Waals surface area contributed by atoms with Crippen LogP contribution < -0.4 is 27.0 Å². The lowest BCUT2D eigenvalue weighted by atomic mass is 9.93. The monoisotopic (exact) mass is 547 g/mol. The number of nitrogens with two attached hydrogens (primary N) is 1. The highest BCUT2D eigenvalue weighted by molar-refractivity contribution is 5.98. The number of anilines is 1. The lowest BCUT2D eigenvalue weighted by Crippen LogP contribution is -2.56. The molecular weight excluding hydrogens is 502 g/mol. The molecule has 0 aromatic heterocycles. The first-order valence-electron chi connectivity index (χ1n) is 13.1. The van der Waals surface area contributed by atoms with E-state index in [2.05, 4.69) is 21.3 Å². The van der Waals surface area contributed by atoms with E-state index in [0.717, 1.165) is 5.56 Å². The summed E-state index contributed by atoms with van der Waals surface area (Å²) in [6.45, 7) is 14.5. The number of urea groups is 1. The van der Waals surface area contributed by atoms with Gasteiger partial charge in [-0.25, -0.2) is 4.79 Å². The minimum absolute atomic E-state index is 0.104. The van der Waals surface area contributed by atoms with Gasteiger partial charge in [0.15, 0.2) is 0 Å². The Kier molecular flexibility index (Phi) is 12.4. The molecule has 0 saturated heterocycles. The fourth-order valence-electron chi connectivity index (χ4n) is 3.22. The first-order chi connectivity index (χ1) is 17.9. The van der Waals surface area contributed by atoms with Crippen molar-refractivity contribution in [1.82, 2.24) is 16.0 Å². The van der Waals surface area contributed by atoms with E-state index in [1.807, 2.05) is 0 Å². The van der Waals surface area contributed by atoms with Gasteiger partial charge in [-0.15, -0.1) is 0 Å². The van der Waals surface area contributed by atoms with Crippen LogP contribution in [0.1, 0.15) is 73.8 Å². The van der Waals surface area contributed by atoms with E-state index >= 15 is 0 Å². The molecular formula is C28H45N5O6. The molecule has 0 saturated carbocycles. The number of rotatable bonds is 12. The Balaban J connectivity index is 2.95. The molecule has 39 heavy (non-hydrogen) atoms. The van der Waals surface area contributed by atoms with Crippen molar-refractivity contribution < 1.29 is 28.7 Å². The predicted octanol–water partition coefficient (Wildman–Crippen LogP) is 2.83. The minimum Gasteiger partial charge on any atom is -0.460 e. The summed E-state index contributed by atoms with van der Waals surface area (Å²) < 4.78 is 5.31. The predicted molar refractivity (Wildman–Crippen MR) is 149 cm³/mol. The first kappa shape index (κ1) is 33.4. The number of primary amides is 1. The Hall–Kier alpha value is -3.63. The third kappa shape index (κ3) is 12.2. The number of amides is 5. The van der Waals surface area contributed by atoms with Crippen LogP contribution in [0.25, 0.3) is 0 Å². The number of benzene rings is 1. The quantitative estimate of drug-likeness (QED) is 0.199. The van der Waals surface area contributed by atoms with Crippen molar-refractivity contribution in [3.63, 3.8) is 0 Å². The molecule has 1 aromatic rings. The number of hydrogen-bond donors (Lipinski definition) is 5. The van der Waals surface area contributed by atoms with Crippen LogP contribution in [0.5, 0.6) is 0 Å². The van der Waals surface area contributed by atoms with Crippen LogP contribution >= 0.6 is 0 Å². The smallest absolute Gasteiger partial charge is 0.312 e. The number of ether oxygens (including phenoxy) is 1. The van der Waals surface area contributed by atoms with Crippen molar-refractivity contribution in [3.05, 3.63) is 29.8 Å².